The van der Waals surface area contributed by atoms with E-state index < -0.39 is 11.5 Å². The summed E-state index contributed by atoms with van der Waals surface area (Å²) in [6.07, 6.45) is 1.32. The first-order chi connectivity index (χ1) is 15.1. The van der Waals surface area contributed by atoms with Gasteiger partial charge in [0, 0.05) is 11.6 Å². The second-order valence-corrected chi connectivity index (χ2v) is 8.48. The van der Waals surface area contributed by atoms with Crippen LogP contribution in [0.1, 0.15) is 17.3 Å². The number of hydrogen-bond donors (Lipinski definition) is 1. The number of fused-ring (bicyclic) bond motifs is 2. The Morgan fingerprint density at radius 3 is 2.84 bits per heavy atom. The van der Waals surface area contributed by atoms with Gasteiger partial charge < -0.3 is 4.74 Å². The molecule has 3 aromatic heterocycles. The first kappa shape index (κ1) is 19.4. The monoisotopic (exact) mass is 448 g/mol. The quantitative estimate of drug-likeness (QED) is 0.422. The summed E-state index contributed by atoms with van der Waals surface area (Å²) in [5.41, 5.74) is 1.88. The molecule has 5 rings (SSSR count). The molecule has 0 radical (unpaired) electrons. The van der Waals surface area contributed by atoms with Crippen LogP contribution < -0.4 is 15.6 Å². The lowest BCUT2D eigenvalue weighted by atomic mass is 10.2. The van der Waals surface area contributed by atoms with E-state index in [-0.39, 0.29) is 5.56 Å². The zero-order valence-corrected chi connectivity index (χ0v) is 18.0. The first-order valence-electron chi connectivity index (χ1n) is 9.53. The predicted octanol–water partition coefficient (Wildman–Crippen LogP) is 4.68. The van der Waals surface area contributed by atoms with Crippen LogP contribution in [0.2, 0.25) is 0 Å². The van der Waals surface area contributed by atoms with Crippen LogP contribution in [0.3, 0.4) is 0 Å². The molecule has 154 valence electrons. The number of ether oxygens (including phenoxy) is 1. The van der Waals surface area contributed by atoms with Gasteiger partial charge >= 0.3 is 0 Å². The van der Waals surface area contributed by atoms with Crippen LogP contribution in [0.4, 0.5) is 5.13 Å². The number of amides is 1. The second-order valence-electron chi connectivity index (χ2n) is 6.62. The third kappa shape index (κ3) is 3.58. The highest BCUT2D eigenvalue weighted by Crippen LogP contribution is 2.29. The van der Waals surface area contributed by atoms with Gasteiger partial charge in [0.1, 0.15) is 11.3 Å². The maximum absolute atomic E-state index is 13.1. The van der Waals surface area contributed by atoms with Crippen molar-refractivity contribution in [1.82, 2.24) is 14.4 Å². The highest BCUT2D eigenvalue weighted by atomic mass is 32.1. The molecule has 0 unspecified atom stereocenters. The van der Waals surface area contributed by atoms with Gasteiger partial charge in [-0.3, -0.25) is 19.3 Å². The zero-order chi connectivity index (χ0) is 21.4. The lowest BCUT2D eigenvalue weighted by Crippen LogP contribution is -2.26. The van der Waals surface area contributed by atoms with Gasteiger partial charge in [0.25, 0.3) is 11.5 Å². The molecular formula is C22H16N4O3S2. The van der Waals surface area contributed by atoms with Crippen molar-refractivity contribution in [2.24, 2.45) is 0 Å². The molecule has 0 bridgehead atoms. The maximum atomic E-state index is 13.1. The smallest absolute Gasteiger partial charge is 0.271 e. The molecule has 3 heterocycles. The molecule has 0 aliphatic carbocycles. The Bertz CT molecular complexity index is 1470. The molecule has 0 spiro atoms. The molecule has 5 aromatic rings. The SMILES string of the molecule is CCOc1ccc2nc(NC(=O)c3cnc4scc(-c5ccccc5)n4c3=O)sc2c1. The molecule has 7 nitrogen and oxygen atoms in total. The van der Waals surface area contributed by atoms with Gasteiger partial charge in [-0.15, -0.1) is 11.3 Å². The molecule has 0 saturated carbocycles. The Labute approximate surface area is 184 Å². The van der Waals surface area contributed by atoms with E-state index in [1.807, 2.05) is 60.8 Å². The van der Waals surface area contributed by atoms with E-state index in [1.54, 1.807) is 0 Å². The Morgan fingerprint density at radius 2 is 2.03 bits per heavy atom. The lowest BCUT2D eigenvalue weighted by molar-refractivity contribution is 0.102. The van der Waals surface area contributed by atoms with E-state index in [0.29, 0.717) is 22.4 Å². The fourth-order valence-electron chi connectivity index (χ4n) is 3.24. The van der Waals surface area contributed by atoms with E-state index in [0.717, 1.165) is 21.5 Å². The van der Waals surface area contributed by atoms with E-state index in [1.165, 1.54) is 33.3 Å². The third-order valence-corrected chi connectivity index (χ3v) is 6.42. The third-order valence-electron chi connectivity index (χ3n) is 4.65. The number of aromatic nitrogens is 3. The van der Waals surface area contributed by atoms with Gasteiger partial charge in [-0.1, -0.05) is 41.7 Å². The number of carbonyl (C=O) groups is 1. The summed E-state index contributed by atoms with van der Waals surface area (Å²) in [6.45, 7) is 2.49. The van der Waals surface area contributed by atoms with Crippen LogP contribution in [-0.2, 0) is 0 Å². The average molecular weight is 449 g/mol. The Balaban J connectivity index is 1.49. The van der Waals surface area contributed by atoms with Crippen LogP contribution >= 0.6 is 22.7 Å². The maximum Gasteiger partial charge on any atom is 0.271 e. The Morgan fingerprint density at radius 1 is 1.19 bits per heavy atom. The van der Waals surface area contributed by atoms with E-state index in [4.69, 9.17) is 4.74 Å². The van der Waals surface area contributed by atoms with Gasteiger partial charge in [0.05, 0.1) is 22.5 Å². The lowest BCUT2D eigenvalue weighted by Gasteiger charge is -2.04. The summed E-state index contributed by atoms with van der Waals surface area (Å²) >= 11 is 2.67. The summed E-state index contributed by atoms with van der Waals surface area (Å²) in [5.74, 6) is 0.205. The molecule has 9 heteroatoms. The normalized spacial score (nSPS) is 11.1. The molecule has 0 aliphatic heterocycles. The minimum Gasteiger partial charge on any atom is -0.494 e. The Kier molecular flexibility index (Phi) is 4.97. The minimum absolute atomic E-state index is 0.0395. The van der Waals surface area contributed by atoms with Crippen molar-refractivity contribution in [1.29, 1.82) is 0 Å². The van der Waals surface area contributed by atoms with E-state index in [9.17, 15) is 9.59 Å². The Hall–Kier alpha value is -3.56. The number of nitrogens with zero attached hydrogens (tertiary/aromatic N) is 3. The molecule has 1 N–H and O–H groups in total. The second kappa shape index (κ2) is 7.93. The molecule has 0 atom stereocenters. The van der Waals surface area contributed by atoms with Gasteiger partial charge in [-0.25, -0.2) is 9.97 Å². The van der Waals surface area contributed by atoms with Crippen LogP contribution in [0.5, 0.6) is 5.75 Å². The van der Waals surface area contributed by atoms with Crippen molar-refractivity contribution in [2.45, 2.75) is 6.92 Å². The fraction of sp³-hybridized carbons (Fsp3) is 0.0909. The van der Waals surface area contributed by atoms with Crippen molar-refractivity contribution in [3.05, 3.63) is 76.0 Å². The number of rotatable bonds is 5. The van der Waals surface area contributed by atoms with Crippen molar-refractivity contribution < 1.29 is 9.53 Å². The van der Waals surface area contributed by atoms with Crippen molar-refractivity contribution in [3.63, 3.8) is 0 Å². The molecular weight excluding hydrogens is 432 g/mol. The molecule has 0 saturated heterocycles. The predicted molar refractivity (Wildman–Crippen MR) is 124 cm³/mol. The summed E-state index contributed by atoms with van der Waals surface area (Å²) < 4.78 is 7.87. The molecule has 0 fully saturated rings. The summed E-state index contributed by atoms with van der Waals surface area (Å²) in [7, 11) is 0. The van der Waals surface area contributed by atoms with Crippen molar-refractivity contribution in [2.75, 3.05) is 11.9 Å². The number of carbonyl (C=O) groups excluding carboxylic acids is 1. The zero-order valence-electron chi connectivity index (χ0n) is 16.4. The van der Waals surface area contributed by atoms with Crippen LogP contribution in [0, 0.1) is 0 Å². The van der Waals surface area contributed by atoms with Crippen LogP contribution in [-0.4, -0.2) is 26.9 Å². The average Bonchev–Trinajstić information content (AvgIpc) is 3.38. The number of thiazole rings is 2. The van der Waals surface area contributed by atoms with Gasteiger partial charge in [0.15, 0.2) is 10.1 Å². The highest BCUT2D eigenvalue weighted by molar-refractivity contribution is 7.22. The van der Waals surface area contributed by atoms with E-state index >= 15 is 0 Å². The molecule has 31 heavy (non-hydrogen) atoms. The topological polar surface area (TPSA) is 85.6 Å². The number of benzene rings is 2. The first-order valence-corrected chi connectivity index (χ1v) is 11.2. The van der Waals surface area contributed by atoms with Crippen molar-refractivity contribution >= 4 is 48.9 Å². The number of hydrogen-bond acceptors (Lipinski definition) is 7. The number of anilines is 1. The highest BCUT2D eigenvalue weighted by Gasteiger charge is 2.18. The van der Waals surface area contributed by atoms with Crippen LogP contribution in [0.25, 0.3) is 26.4 Å². The van der Waals surface area contributed by atoms with Gasteiger partial charge in [0.2, 0.25) is 0 Å². The van der Waals surface area contributed by atoms with E-state index in [2.05, 4.69) is 15.3 Å². The summed E-state index contributed by atoms with van der Waals surface area (Å²) in [6, 6.07) is 15.1. The number of nitrogens with one attached hydrogen (secondary N) is 1. The fourth-order valence-corrected chi connectivity index (χ4v) is 4.99. The molecule has 2 aromatic carbocycles. The van der Waals surface area contributed by atoms with Gasteiger partial charge in [-0.2, -0.15) is 0 Å². The molecule has 1 amide bonds. The minimum atomic E-state index is -0.541. The standard InChI is InChI=1S/C22H16N4O3S2/c1-2-29-14-8-9-16-18(10-14)31-21(24-16)25-19(27)15-11-23-22-26(20(15)28)17(12-30-22)13-6-4-3-5-7-13/h3-12H,2H2,1H3,(H,24,25,27). The summed E-state index contributed by atoms with van der Waals surface area (Å²) in [4.78, 5) is 35.3. The van der Waals surface area contributed by atoms with Gasteiger partial charge in [-0.05, 0) is 30.7 Å². The van der Waals surface area contributed by atoms with Crippen molar-refractivity contribution in [3.8, 4) is 17.0 Å². The largest absolute Gasteiger partial charge is 0.494 e. The molecule has 0 aliphatic rings. The summed E-state index contributed by atoms with van der Waals surface area (Å²) in [5, 5.41) is 5.01. The van der Waals surface area contributed by atoms with Crippen LogP contribution in [0.15, 0.2) is 64.9 Å².